The van der Waals surface area contributed by atoms with Crippen molar-refractivity contribution in [3.8, 4) is 0 Å². The Kier molecular flexibility index (Phi) is 45.3. The van der Waals surface area contributed by atoms with Crippen LogP contribution >= 0.6 is 11.8 Å². The SMILES string of the molecule is C.C=CC(=O)OCC.CC.CCOC(=O)CCN(C)Cc1ccccc1.CNCc1ccccc1.Fc1cccc(C(=CCCCc2ccccc2)c2cccc(F)c2)c1.Fc1cccc(C(CCNCl)c2cccc(F)c2)c1.OC(CCCCc1ccccc1)(c1cccc(F)c1)c1cccc(F)c1.[H+].[HH]. The molecule has 15 heteroatoms. The van der Waals surface area contributed by atoms with Crippen LogP contribution in [0.4, 0.5) is 26.3 Å². The summed E-state index contributed by atoms with van der Waals surface area (Å²) >= 11 is 5.48. The van der Waals surface area contributed by atoms with Crippen molar-refractivity contribution < 1.29 is 53.4 Å². The first-order valence-corrected chi connectivity index (χ1v) is 35.6. The van der Waals surface area contributed by atoms with E-state index in [0.717, 1.165) is 92.1 Å². The predicted octanol–water partition coefficient (Wildman–Crippen LogP) is 22.5. The molecule has 0 bridgehead atoms. The monoisotopic (exact) mass is 1460 g/mol. The quantitative estimate of drug-likeness (QED) is 0.0147. The molecular formula is C90H107ClF6N3O5+. The highest BCUT2D eigenvalue weighted by Crippen LogP contribution is 2.36. The van der Waals surface area contributed by atoms with Crippen molar-refractivity contribution in [3.63, 3.8) is 0 Å². The van der Waals surface area contributed by atoms with Crippen molar-refractivity contribution >= 4 is 29.3 Å². The van der Waals surface area contributed by atoms with Gasteiger partial charge in [-0.05, 0) is 225 Å². The molecule has 10 rings (SSSR count). The summed E-state index contributed by atoms with van der Waals surface area (Å²) in [5.41, 5.74) is 8.65. The van der Waals surface area contributed by atoms with Gasteiger partial charge in [0.15, 0.2) is 0 Å². The fourth-order valence-corrected chi connectivity index (χ4v) is 11.0. The summed E-state index contributed by atoms with van der Waals surface area (Å²) in [4.78, 5) is 25.9. The molecule has 0 aliphatic heterocycles. The third-order valence-corrected chi connectivity index (χ3v) is 16.0. The van der Waals surface area contributed by atoms with Gasteiger partial charge in [0.25, 0.3) is 0 Å². The van der Waals surface area contributed by atoms with Crippen LogP contribution in [0.2, 0.25) is 0 Å². The van der Waals surface area contributed by atoms with E-state index in [9.17, 15) is 41.0 Å². The lowest BCUT2D eigenvalue weighted by Gasteiger charge is -2.29. The number of unbranched alkanes of at least 4 members (excludes halogenated alkanes) is 2. The average molecular weight is 1460 g/mol. The zero-order valence-electron chi connectivity index (χ0n) is 61.6. The molecular weight excluding hydrogens is 1350 g/mol. The molecule has 0 amide bonds. The lowest BCUT2D eigenvalue weighted by Crippen LogP contribution is -2.27. The minimum absolute atomic E-state index is 0. The second kappa shape index (κ2) is 53.2. The lowest BCUT2D eigenvalue weighted by atomic mass is 9.82. The van der Waals surface area contributed by atoms with Crippen molar-refractivity contribution in [2.45, 2.75) is 118 Å². The highest BCUT2D eigenvalue weighted by atomic mass is 35.5. The Morgan fingerprint density at radius 2 is 0.962 bits per heavy atom. The summed E-state index contributed by atoms with van der Waals surface area (Å²) in [7, 11) is 3.96. The number of benzene rings is 10. The molecule has 3 N–H and O–H groups in total. The second-order valence-corrected chi connectivity index (χ2v) is 23.9. The first kappa shape index (κ1) is 89.5. The van der Waals surface area contributed by atoms with Crippen molar-refractivity contribution in [2.75, 3.05) is 40.4 Å². The van der Waals surface area contributed by atoms with Crippen LogP contribution in [-0.2, 0) is 50.6 Å². The van der Waals surface area contributed by atoms with Crippen LogP contribution in [-0.4, -0.2) is 62.3 Å². The van der Waals surface area contributed by atoms with Crippen molar-refractivity contribution in [1.29, 1.82) is 0 Å². The molecule has 10 aromatic rings. The largest absolute Gasteiger partial charge is 1.00 e. The Morgan fingerprint density at radius 3 is 1.36 bits per heavy atom. The zero-order valence-corrected chi connectivity index (χ0v) is 61.4. The minimum Gasteiger partial charge on any atom is -0.466 e. The van der Waals surface area contributed by atoms with E-state index in [-0.39, 0.29) is 51.4 Å². The molecule has 0 aromatic heterocycles. The van der Waals surface area contributed by atoms with E-state index >= 15 is 0 Å². The molecule has 0 fully saturated rings. The van der Waals surface area contributed by atoms with E-state index in [1.54, 1.807) is 55.5 Å². The average Bonchev–Trinajstić information content (AvgIpc) is 0.794. The van der Waals surface area contributed by atoms with E-state index in [4.69, 9.17) is 16.5 Å². The van der Waals surface area contributed by atoms with Crippen LogP contribution in [0.25, 0.3) is 5.57 Å². The van der Waals surface area contributed by atoms with E-state index in [1.165, 1.54) is 95.1 Å². The van der Waals surface area contributed by atoms with Gasteiger partial charge >= 0.3 is 13.4 Å². The van der Waals surface area contributed by atoms with Gasteiger partial charge in [-0.15, -0.1) is 0 Å². The Hall–Kier alpha value is -9.67. The number of rotatable bonds is 28. The van der Waals surface area contributed by atoms with Gasteiger partial charge in [0, 0.05) is 39.6 Å². The number of halogens is 7. The Labute approximate surface area is 628 Å². The van der Waals surface area contributed by atoms with Crippen LogP contribution in [0.3, 0.4) is 0 Å². The smallest absolute Gasteiger partial charge is 0.466 e. The van der Waals surface area contributed by atoms with Gasteiger partial charge in [-0.25, -0.2) is 36.0 Å². The highest BCUT2D eigenvalue weighted by Gasteiger charge is 2.32. The maximum atomic E-state index is 13.7. The molecule has 0 radical (unpaired) electrons. The number of ether oxygens (including phenoxy) is 2. The summed E-state index contributed by atoms with van der Waals surface area (Å²) in [6.07, 6.45) is 10.1. The van der Waals surface area contributed by atoms with E-state index in [1.807, 2.05) is 132 Å². The van der Waals surface area contributed by atoms with E-state index in [2.05, 4.69) is 81.0 Å². The number of hydrogen-bond donors (Lipinski definition) is 3. The third kappa shape index (κ3) is 36.1. The Morgan fingerprint density at radius 1 is 0.552 bits per heavy atom. The van der Waals surface area contributed by atoms with Crippen molar-refractivity contribution in [3.05, 3.63) is 376 Å². The standard InChI is InChI=1S/C23H22F2O.C23H20F2.C15H14ClF2N.C13H19NO2.C8H11N.C5H8O2.C2H6.CH4.H2/c24-21-13-6-11-19(16-21)23(26,20-12-7-14-22(25)17-20)15-5-4-10-18-8-2-1-3-9-18;24-21-13-6-11-19(16-21)23(20-12-7-14-22(25)17-20)15-5-4-10-18-8-2-1-3-9-18;16-19-8-7-15(11-3-1-5-13(17)9-11)12-4-2-6-14(18)10-12;1-3-16-13(15)9-10-14(2)11-12-7-5-4-6-8-12;1-9-7-8-5-3-2-4-6-8;1-3-5(6)7-4-2;1-2;;/h1-3,6-9,11-14,16-17,26H,4-5,10,15H2;1-3,6-9,11-17H,4-5,10H2;1-6,9-10,15,19H,7-8H2;4-8H,3,9-11H2,1-2H3;2-6,9H,7H2,1H3;3H,1,4H2,2H3;1-2H3;1H4;1H/p+1. The number of esters is 2. The van der Waals surface area contributed by atoms with Gasteiger partial charge < -0.3 is 24.8 Å². The van der Waals surface area contributed by atoms with Gasteiger partial charge in [0.05, 0.1) is 19.6 Å². The highest BCUT2D eigenvalue weighted by molar-refractivity contribution is 6.13. The molecule has 0 atom stereocenters. The second-order valence-electron chi connectivity index (χ2n) is 23.7. The lowest BCUT2D eigenvalue weighted by molar-refractivity contribution is -0.143. The number of hydrogen-bond acceptors (Lipinski definition) is 8. The van der Waals surface area contributed by atoms with Crippen LogP contribution in [0.1, 0.15) is 144 Å². The number of carbonyl (C=O) groups excluding carboxylic acids is 2. The maximum Gasteiger partial charge on any atom is 1.00 e. The summed E-state index contributed by atoms with van der Waals surface area (Å²) in [6, 6.07) is 78.5. The van der Waals surface area contributed by atoms with Gasteiger partial charge in [-0.3, -0.25) is 4.79 Å². The molecule has 0 saturated heterocycles. The zero-order chi connectivity index (χ0) is 75.6. The van der Waals surface area contributed by atoms with E-state index < -0.39 is 17.2 Å². The van der Waals surface area contributed by atoms with Crippen molar-refractivity contribution in [1.82, 2.24) is 15.1 Å². The van der Waals surface area contributed by atoms with Crippen LogP contribution in [0.5, 0.6) is 0 Å². The first-order valence-electron chi connectivity index (χ1n) is 35.2. The minimum atomic E-state index is -1.42. The van der Waals surface area contributed by atoms with Crippen LogP contribution < -0.4 is 10.2 Å². The fraction of sp³-hybridized carbons (Fsp3) is 0.267. The molecule has 105 heavy (non-hydrogen) atoms. The number of nitrogens with zero attached hydrogens (tertiary/aromatic N) is 1. The normalized spacial score (nSPS) is 10.3. The number of aliphatic hydroxyl groups is 1. The molecule has 0 spiro atoms. The third-order valence-electron chi connectivity index (χ3n) is 15.8. The molecule has 10 aromatic carbocycles. The summed E-state index contributed by atoms with van der Waals surface area (Å²) in [6.45, 7) is 14.8. The molecule has 0 unspecified atom stereocenters. The fourth-order valence-electron chi connectivity index (χ4n) is 10.9. The predicted molar refractivity (Wildman–Crippen MR) is 424 cm³/mol. The van der Waals surface area contributed by atoms with Gasteiger partial charge in [0.2, 0.25) is 0 Å². The topological polar surface area (TPSA) is 100 Å². The Balaban J connectivity index is 0.000000663. The summed E-state index contributed by atoms with van der Waals surface area (Å²) in [5.74, 6) is -2.56. The molecule has 8 nitrogen and oxygen atoms in total. The Bertz CT molecular complexity index is 3900. The van der Waals surface area contributed by atoms with Crippen molar-refractivity contribution in [2.24, 2.45) is 0 Å². The first-order chi connectivity index (χ1) is 50.5. The summed E-state index contributed by atoms with van der Waals surface area (Å²) < 4.78 is 90.7. The molecule has 0 aliphatic carbocycles. The number of carbonyl (C=O) groups is 2. The van der Waals surface area contributed by atoms with Crippen LogP contribution in [0.15, 0.2) is 286 Å². The van der Waals surface area contributed by atoms with Gasteiger partial charge in [0.1, 0.15) is 40.5 Å². The van der Waals surface area contributed by atoms with Crippen LogP contribution in [0, 0.1) is 34.9 Å². The summed E-state index contributed by atoms with van der Waals surface area (Å²) in [5, 5.41) is 14.5. The molecule has 0 saturated carbocycles. The van der Waals surface area contributed by atoms with E-state index in [0.29, 0.717) is 50.1 Å². The maximum absolute atomic E-state index is 13.7. The number of nitrogens with one attached hydrogen (secondary N) is 2. The van der Waals surface area contributed by atoms with Gasteiger partial charge in [-0.1, -0.05) is 228 Å². The number of aryl methyl sites for hydroxylation is 2. The molecule has 0 aliphatic rings. The molecule has 0 heterocycles. The van der Waals surface area contributed by atoms with Gasteiger partial charge in [-0.2, -0.15) is 0 Å². The number of allylic oxidation sites excluding steroid dienone is 1. The molecule has 560 valence electrons.